The van der Waals surface area contributed by atoms with Gasteiger partial charge in [0.1, 0.15) is 30.5 Å². The first-order valence-corrected chi connectivity index (χ1v) is 10.6. The highest BCUT2D eigenvalue weighted by molar-refractivity contribution is 7.26. The van der Waals surface area contributed by atoms with Gasteiger partial charge < -0.3 is 25.2 Å². The Balaban J connectivity index is 1.62. The maximum absolute atomic E-state index is 10.3. The van der Waals surface area contributed by atoms with Gasteiger partial charge in [-0.25, -0.2) is 0 Å². The first-order chi connectivity index (χ1) is 13.0. The Labute approximate surface area is 169 Å². The fraction of sp³-hybridized carbons (Fsp3) is 0.368. The van der Waals surface area contributed by atoms with Crippen LogP contribution in [0.4, 0.5) is 0 Å². The first kappa shape index (κ1) is 19.3. The smallest absolute Gasteiger partial charge is 0.113 e. The van der Waals surface area contributed by atoms with Crippen LogP contribution < -0.4 is 0 Å². The molecule has 27 heavy (non-hydrogen) atoms. The van der Waals surface area contributed by atoms with Crippen molar-refractivity contribution in [3.63, 3.8) is 0 Å². The van der Waals surface area contributed by atoms with Crippen molar-refractivity contribution in [2.75, 3.05) is 6.61 Å². The highest BCUT2D eigenvalue weighted by atomic mass is 35.5. The molecule has 4 rings (SSSR count). The highest BCUT2D eigenvalue weighted by Crippen LogP contribution is 2.36. The normalized spacial score (nSPS) is 28.7. The van der Waals surface area contributed by atoms with Gasteiger partial charge >= 0.3 is 0 Å². The number of ether oxygens (including phenoxy) is 1. The van der Waals surface area contributed by atoms with Crippen molar-refractivity contribution in [1.29, 1.82) is 0 Å². The lowest BCUT2D eigenvalue weighted by molar-refractivity contribution is -0.231. The SMILES string of the molecule is OC[C@H]1O[C@@H](c2ccc(Cl)c(Cc3cc4sccc4s3)c2)[C@H](O)[C@@H](O)[C@@H]1O. The minimum Gasteiger partial charge on any atom is -0.394 e. The Bertz CT molecular complexity index is 909. The molecule has 8 heteroatoms. The van der Waals surface area contributed by atoms with Crippen molar-refractivity contribution in [1.82, 2.24) is 0 Å². The minimum atomic E-state index is -1.40. The maximum atomic E-state index is 10.3. The summed E-state index contributed by atoms with van der Waals surface area (Å²) in [5.41, 5.74) is 1.53. The first-order valence-electron chi connectivity index (χ1n) is 8.52. The third-order valence-corrected chi connectivity index (χ3v) is 7.31. The molecule has 0 unspecified atom stereocenters. The molecule has 1 aromatic carbocycles. The van der Waals surface area contributed by atoms with Gasteiger partial charge in [-0.2, -0.15) is 0 Å². The third kappa shape index (κ3) is 3.66. The fourth-order valence-corrected chi connectivity index (χ4v) is 5.72. The van der Waals surface area contributed by atoms with Crippen LogP contribution in [-0.4, -0.2) is 51.4 Å². The molecule has 0 saturated carbocycles. The number of hydrogen-bond acceptors (Lipinski definition) is 7. The Hall–Kier alpha value is -1.03. The Kier molecular flexibility index (Phi) is 5.55. The molecule has 2 aromatic heterocycles. The number of hydrogen-bond donors (Lipinski definition) is 4. The van der Waals surface area contributed by atoms with Crippen molar-refractivity contribution in [2.24, 2.45) is 0 Å². The van der Waals surface area contributed by atoms with E-state index in [1.54, 1.807) is 34.8 Å². The van der Waals surface area contributed by atoms with E-state index in [9.17, 15) is 20.4 Å². The van der Waals surface area contributed by atoms with Crippen molar-refractivity contribution in [3.05, 3.63) is 56.7 Å². The molecular formula is C19H19ClO5S2. The summed E-state index contributed by atoms with van der Waals surface area (Å²) in [4.78, 5) is 1.18. The average molecular weight is 427 g/mol. The summed E-state index contributed by atoms with van der Waals surface area (Å²) in [6.07, 6.45) is -5.21. The zero-order chi connectivity index (χ0) is 19.1. The van der Waals surface area contributed by atoms with Gasteiger partial charge in [0.15, 0.2) is 0 Å². The molecule has 0 aliphatic carbocycles. The van der Waals surface area contributed by atoms with Gasteiger partial charge in [-0.3, -0.25) is 0 Å². The molecule has 4 N–H and O–H groups in total. The third-order valence-electron chi connectivity index (χ3n) is 4.85. The van der Waals surface area contributed by atoms with Crippen molar-refractivity contribution in [2.45, 2.75) is 36.9 Å². The van der Waals surface area contributed by atoms with Gasteiger partial charge in [-0.15, -0.1) is 22.7 Å². The molecule has 1 aliphatic rings. The second kappa shape index (κ2) is 7.77. The molecule has 3 aromatic rings. The van der Waals surface area contributed by atoms with Gasteiger partial charge in [-0.05, 0) is 34.7 Å². The van der Waals surface area contributed by atoms with Crippen LogP contribution in [0, 0.1) is 0 Å². The summed E-state index contributed by atoms with van der Waals surface area (Å²) in [5.74, 6) is 0. The predicted octanol–water partition coefficient (Wildman–Crippen LogP) is 2.72. The molecule has 144 valence electrons. The lowest BCUT2D eigenvalue weighted by atomic mass is 9.90. The molecule has 0 bridgehead atoms. The Morgan fingerprint density at radius 2 is 1.81 bits per heavy atom. The van der Waals surface area contributed by atoms with Crippen LogP contribution >= 0.6 is 34.3 Å². The van der Waals surface area contributed by atoms with Crippen LogP contribution in [0.1, 0.15) is 22.1 Å². The van der Waals surface area contributed by atoms with E-state index in [0.29, 0.717) is 17.0 Å². The van der Waals surface area contributed by atoms with Crippen LogP contribution in [0.5, 0.6) is 0 Å². The fourth-order valence-electron chi connectivity index (χ4n) is 3.37. The highest BCUT2D eigenvalue weighted by Gasteiger charge is 2.44. The minimum absolute atomic E-state index is 0.451. The summed E-state index contributed by atoms with van der Waals surface area (Å²) in [6, 6.07) is 9.57. The van der Waals surface area contributed by atoms with Crippen LogP contribution in [0.2, 0.25) is 5.02 Å². The molecule has 1 saturated heterocycles. The van der Waals surface area contributed by atoms with Gasteiger partial charge in [0, 0.05) is 25.7 Å². The number of aliphatic hydroxyl groups excluding tert-OH is 4. The molecule has 5 nitrogen and oxygen atoms in total. The zero-order valence-electron chi connectivity index (χ0n) is 14.2. The molecule has 0 amide bonds. The predicted molar refractivity (Wildman–Crippen MR) is 107 cm³/mol. The lowest BCUT2D eigenvalue weighted by Crippen LogP contribution is -2.55. The summed E-state index contributed by atoms with van der Waals surface area (Å²) < 4.78 is 8.14. The van der Waals surface area contributed by atoms with Crippen LogP contribution in [-0.2, 0) is 11.2 Å². The number of aliphatic hydroxyl groups is 4. The summed E-state index contributed by atoms with van der Waals surface area (Å²) >= 11 is 9.80. The number of fused-ring (bicyclic) bond motifs is 1. The Morgan fingerprint density at radius 3 is 2.56 bits per heavy atom. The number of thiophene rings is 2. The van der Waals surface area contributed by atoms with Gasteiger partial charge in [0.2, 0.25) is 0 Å². The number of halogens is 1. The number of rotatable bonds is 4. The molecule has 0 radical (unpaired) electrons. The molecule has 0 spiro atoms. The van der Waals surface area contributed by atoms with Crippen LogP contribution in [0.15, 0.2) is 35.7 Å². The Morgan fingerprint density at radius 1 is 1.00 bits per heavy atom. The van der Waals surface area contributed by atoms with E-state index in [-0.39, 0.29) is 0 Å². The van der Waals surface area contributed by atoms with E-state index in [0.717, 1.165) is 5.56 Å². The summed E-state index contributed by atoms with van der Waals surface area (Å²) in [5, 5.41) is 42.4. The average Bonchev–Trinajstić information content (AvgIpc) is 3.24. The van der Waals surface area contributed by atoms with E-state index in [4.69, 9.17) is 16.3 Å². The van der Waals surface area contributed by atoms with E-state index < -0.39 is 37.1 Å². The second-order valence-electron chi connectivity index (χ2n) is 6.64. The quantitative estimate of drug-likeness (QED) is 0.515. The van der Waals surface area contributed by atoms with Crippen molar-refractivity contribution >= 4 is 43.7 Å². The summed E-state index contributed by atoms with van der Waals surface area (Å²) in [7, 11) is 0. The van der Waals surface area contributed by atoms with E-state index >= 15 is 0 Å². The standard InChI is InChI=1S/C19H19ClO5S2/c20-12-2-1-9(19-18(24)17(23)16(22)13(8-21)25-19)5-10(12)6-11-7-15-14(27-11)3-4-26-15/h1-5,7,13,16-19,21-24H,6,8H2/t13-,16-,17+,18-,19+/m1/s1. The molecule has 3 heterocycles. The molecule has 5 atom stereocenters. The van der Waals surface area contributed by atoms with Crippen LogP contribution in [0.3, 0.4) is 0 Å². The molecule has 1 aliphatic heterocycles. The molecular weight excluding hydrogens is 408 g/mol. The largest absolute Gasteiger partial charge is 0.394 e. The number of benzene rings is 1. The summed E-state index contributed by atoms with van der Waals surface area (Å²) in [6.45, 7) is -0.451. The monoisotopic (exact) mass is 426 g/mol. The lowest BCUT2D eigenvalue weighted by Gasteiger charge is -2.40. The maximum Gasteiger partial charge on any atom is 0.113 e. The zero-order valence-corrected chi connectivity index (χ0v) is 16.5. The van der Waals surface area contributed by atoms with Gasteiger partial charge in [0.05, 0.1) is 6.61 Å². The van der Waals surface area contributed by atoms with Gasteiger partial charge in [0.25, 0.3) is 0 Å². The van der Waals surface area contributed by atoms with Crippen molar-refractivity contribution < 1.29 is 25.2 Å². The molecule has 1 fully saturated rings. The second-order valence-corrected chi connectivity index (χ2v) is 9.16. The van der Waals surface area contributed by atoms with E-state index in [2.05, 4.69) is 17.5 Å². The topological polar surface area (TPSA) is 90.2 Å². The van der Waals surface area contributed by atoms with E-state index in [1.807, 2.05) is 6.07 Å². The van der Waals surface area contributed by atoms with Crippen LogP contribution in [0.25, 0.3) is 9.40 Å². The van der Waals surface area contributed by atoms with Gasteiger partial charge in [-0.1, -0.05) is 23.7 Å². The van der Waals surface area contributed by atoms with E-state index in [1.165, 1.54) is 14.3 Å². The van der Waals surface area contributed by atoms with Crippen molar-refractivity contribution in [3.8, 4) is 0 Å².